The molecule has 6 nitrogen and oxygen atoms in total. The Morgan fingerprint density at radius 1 is 1.18 bits per heavy atom. The van der Waals surface area contributed by atoms with Crippen molar-refractivity contribution < 1.29 is 31.5 Å². The summed E-state index contributed by atoms with van der Waals surface area (Å²) in [5.74, 6) is -1.06. The number of hydrogen-bond acceptors (Lipinski definition) is 3. The Hall–Kier alpha value is -1.91. The van der Waals surface area contributed by atoms with Crippen molar-refractivity contribution in [2.45, 2.75) is 37.9 Å². The Kier molecular flexibility index (Phi) is 5.83. The van der Waals surface area contributed by atoms with Crippen molar-refractivity contribution in [3.05, 3.63) is 41.0 Å². The Morgan fingerprint density at radius 2 is 1.82 bits per heavy atom. The number of aliphatic carboxylic acids is 1. The molecule has 3 rings (SSSR count). The highest BCUT2D eigenvalue weighted by molar-refractivity contribution is 7.87. The fourth-order valence-corrected chi connectivity index (χ4v) is 5.27. The minimum absolute atomic E-state index is 0.00845. The van der Waals surface area contributed by atoms with Gasteiger partial charge < -0.3 is 5.11 Å². The van der Waals surface area contributed by atoms with E-state index in [4.69, 9.17) is 5.11 Å². The molecule has 1 aromatic rings. The summed E-state index contributed by atoms with van der Waals surface area (Å²) in [6, 6.07) is 5.17. The van der Waals surface area contributed by atoms with E-state index in [1.54, 1.807) is 10.8 Å². The fourth-order valence-electron chi connectivity index (χ4n) is 4.09. The highest BCUT2D eigenvalue weighted by Gasteiger charge is 2.41. The molecule has 154 valence electrons. The molecule has 0 unspecified atom stereocenters. The molecule has 0 spiro atoms. The summed E-state index contributed by atoms with van der Waals surface area (Å²) in [4.78, 5) is 10.7. The molecule has 0 aromatic heterocycles. The zero-order valence-electron chi connectivity index (χ0n) is 14.9. The predicted molar refractivity (Wildman–Crippen MR) is 96.6 cm³/mol. The van der Waals surface area contributed by atoms with Gasteiger partial charge in [0.15, 0.2) is 0 Å². The van der Waals surface area contributed by atoms with Crippen LogP contribution in [0.3, 0.4) is 0 Å². The predicted octanol–water partition coefficient (Wildman–Crippen LogP) is 2.26. The van der Waals surface area contributed by atoms with Gasteiger partial charge in [0.05, 0.1) is 0 Å². The van der Waals surface area contributed by atoms with Gasteiger partial charge in [-0.3, -0.25) is 0 Å². The molecule has 0 heterocycles. The lowest BCUT2D eigenvalue weighted by molar-refractivity contribution is -0.131. The fraction of sp³-hybridized carbons (Fsp3) is 0.500. The number of halogens is 3. The second kappa shape index (κ2) is 7.84. The normalized spacial score (nSPS) is 24.9. The lowest BCUT2D eigenvalue weighted by Gasteiger charge is -2.23. The second-order valence-electron chi connectivity index (χ2n) is 7.29. The number of carbonyl (C=O) groups is 1. The lowest BCUT2D eigenvalue weighted by Crippen LogP contribution is -2.49. The summed E-state index contributed by atoms with van der Waals surface area (Å²) in [5.41, 5.74) is 2.82. The molecule has 0 radical (unpaired) electrons. The summed E-state index contributed by atoms with van der Waals surface area (Å²) < 4.78 is 65.1. The highest BCUT2D eigenvalue weighted by Crippen LogP contribution is 2.40. The number of carboxylic acid groups (broad SMARTS) is 1. The van der Waals surface area contributed by atoms with E-state index in [1.165, 1.54) is 6.08 Å². The monoisotopic (exact) mass is 418 g/mol. The molecule has 28 heavy (non-hydrogen) atoms. The molecular weight excluding hydrogens is 397 g/mol. The van der Waals surface area contributed by atoms with Crippen LogP contribution in [0.4, 0.5) is 13.2 Å². The van der Waals surface area contributed by atoms with Gasteiger partial charge in [-0.15, -0.1) is 0 Å². The average molecular weight is 418 g/mol. The molecule has 2 aliphatic carbocycles. The van der Waals surface area contributed by atoms with Crippen LogP contribution in [0.5, 0.6) is 0 Å². The van der Waals surface area contributed by atoms with Crippen molar-refractivity contribution in [1.29, 1.82) is 0 Å². The van der Waals surface area contributed by atoms with Gasteiger partial charge in [0.25, 0.3) is 10.2 Å². The molecule has 3 atom stereocenters. The summed E-state index contributed by atoms with van der Waals surface area (Å²) in [7, 11) is -4.27. The van der Waals surface area contributed by atoms with Gasteiger partial charge in [-0.05, 0) is 60.3 Å². The van der Waals surface area contributed by atoms with E-state index >= 15 is 0 Å². The van der Waals surface area contributed by atoms with E-state index < -0.39 is 34.9 Å². The molecule has 2 bridgehead atoms. The van der Waals surface area contributed by atoms with Crippen LogP contribution >= 0.6 is 0 Å². The standard InChI is InChI=1S/C18H21F3N2O4S/c19-18(20,21)10-22-28(26,27)23-17-13-4-5-14(17)9-15-7-11(2-6-16(24)25)1-3-12(15)8-13/h1-3,6-7,13-14,17,22-23H,4-5,8-10H2,(H,24,25)/b6-2+/t13-,14+,17-/m0/s1. The first kappa shape index (κ1) is 20.8. The number of carboxylic acids is 1. The number of fused-ring (bicyclic) bond motifs is 3. The van der Waals surface area contributed by atoms with E-state index in [9.17, 15) is 26.4 Å². The molecule has 1 aromatic carbocycles. The van der Waals surface area contributed by atoms with Gasteiger partial charge in [-0.2, -0.15) is 31.0 Å². The van der Waals surface area contributed by atoms with Crippen LogP contribution in [0, 0.1) is 11.8 Å². The smallest absolute Gasteiger partial charge is 0.402 e. The van der Waals surface area contributed by atoms with Crippen molar-refractivity contribution >= 4 is 22.3 Å². The first-order valence-electron chi connectivity index (χ1n) is 8.89. The zero-order chi connectivity index (χ0) is 20.5. The first-order chi connectivity index (χ1) is 13.0. The van der Waals surface area contributed by atoms with Gasteiger partial charge in [0.1, 0.15) is 6.54 Å². The molecule has 0 aliphatic heterocycles. The van der Waals surface area contributed by atoms with E-state index in [-0.39, 0.29) is 11.8 Å². The van der Waals surface area contributed by atoms with Crippen LogP contribution in [0.2, 0.25) is 0 Å². The maximum absolute atomic E-state index is 12.3. The van der Waals surface area contributed by atoms with E-state index in [2.05, 4.69) is 4.72 Å². The molecule has 3 N–H and O–H groups in total. The van der Waals surface area contributed by atoms with Gasteiger partial charge in [-0.1, -0.05) is 18.2 Å². The third kappa shape index (κ3) is 5.33. The molecule has 2 aliphatic rings. The van der Waals surface area contributed by atoms with Crippen LogP contribution < -0.4 is 9.44 Å². The molecule has 0 amide bonds. The number of alkyl halides is 3. The average Bonchev–Trinajstić information content (AvgIpc) is 2.85. The Bertz CT molecular complexity index is 883. The molecule has 1 saturated carbocycles. The van der Waals surface area contributed by atoms with Crippen molar-refractivity contribution in [3.63, 3.8) is 0 Å². The third-order valence-corrected chi connectivity index (χ3v) is 6.40. The molecule has 1 fully saturated rings. The topological polar surface area (TPSA) is 95.5 Å². The van der Waals surface area contributed by atoms with Crippen molar-refractivity contribution in [3.8, 4) is 0 Å². The minimum Gasteiger partial charge on any atom is -0.478 e. The summed E-state index contributed by atoms with van der Waals surface area (Å²) in [6.45, 7) is -1.61. The van der Waals surface area contributed by atoms with Crippen molar-refractivity contribution in [2.75, 3.05) is 6.54 Å². The number of hydrogen-bond donors (Lipinski definition) is 3. The second-order valence-corrected chi connectivity index (χ2v) is 8.82. The van der Waals surface area contributed by atoms with Crippen LogP contribution in [0.15, 0.2) is 24.3 Å². The van der Waals surface area contributed by atoms with Crippen LogP contribution in [-0.2, 0) is 27.8 Å². The van der Waals surface area contributed by atoms with Crippen LogP contribution in [0.25, 0.3) is 6.08 Å². The maximum atomic E-state index is 12.3. The van der Waals surface area contributed by atoms with Gasteiger partial charge in [0, 0.05) is 12.1 Å². The van der Waals surface area contributed by atoms with Crippen LogP contribution in [0.1, 0.15) is 29.5 Å². The highest BCUT2D eigenvalue weighted by atomic mass is 32.2. The minimum atomic E-state index is -4.62. The largest absolute Gasteiger partial charge is 0.478 e. The Labute approximate surface area is 161 Å². The third-order valence-electron chi connectivity index (χ3n) is 5.29. The SMILES string of the molecule is O=C(O)/C=C/c1ccc2c(c1)C[C@H]1CC[C@@H](C2)[C@@H]1NS(=O)(=O)NCC(F)(F)F. The summed E-state index contributed by atoms with van der Waals surface area (Å²) >= 11 is 0. The lowest BCUT2D eigenvalue weighted by atomic mass is 9.92. The van der Waals surface area contributed by atoms with Gasteiger partial charge >= 0.3 is 12.1 Å². The Morgan fingerprint density at radius 3 is 2.43 bits per heavy atom. The number of benzene rings is 1. The van der Waals surface area contributed by atoms with Crippen molar-refractivity contribution in [2.24, 2.45) is 11.8 Å². The van der Waals surface area contributed by atoms with Gasteiger partial charge in [0.2, 0.25) is 0 Å². The number of nitrogens with one attached hydrogen (secondary N) is 2. The summed E-state index contributed by atoms with van der Waals surface area (Å²) in [5, 5.41) is 8.75. The van der Waals surface area contributed by atoms with E-state index in [0.717, 1.165) is 35.6 Å². The molecular formula is C18H21F3N2O4S. The van der Waals surface area contributed by atoms with E-state index in [0.29, 0.717) is 12.8 Å². The van der Waals surface area contributed by atoms with Gasteiger partial charge in [-0.25, -0.2) is 4.79 Å². The molecule has 0 saturated heterocycles. The van der Waals surface area contributed by atoms with E-state index in [1.807, 2.05) is 12.1 Å². The zero-order valence-corrected chi connectivity index (χ0v) is 15.7. The molecule has 10 heteroatoms. The maximum Gasteiger partial charge on any atom is 0.402 e. The summed E-state index contributed by atoms with van der Waals surface area (Å²) in [6.07, 6.45) is 0.728. The van der Waals surface area contributed by atoms with Crippen LogP contribution in [-0.4, -0.2) is 38.3 Å². The first-order valence-corrected chi connectivity index (χ1v) is 10.4. The quantitative estimate of drug-likeness (QED) is 0.618. The Balaban J connectivity index is 1.75. The number of rotatable bonds is 6. The van der Waals surface area contributed by atoms with Crippen molar-refractivity contribution in [1.82, 2.24) is 9.44 Å².